The van der Waals surface area contributed by atoms with Gasteiger partial charge in [0.1, 0.15) is 0 Å². The molecule has 0 saturated heterocycles. The van der Waals surface area contributed by atoms with Crippen LogP contribution < -0.4 is 15.4 Å². The summed E-state index contributed by atoms with van der Waals surface area (Å²) in [5.74, 6) is 1.55. The van der Waals surface area contributed by atoms with Gasteiger partial charge in [0.15, 0.2) is 0 Å². The molecule has 2 amide bonds. The van der Waals surface area contributed by atoms with Crippen molar-refractivity contribution in [2.75, 3.05) is 19.6 Å². The Morgan fingerprint density at radius 3 is 2.55 bits per heavy atom. The van der Waals surface area contributed by atoms with Gasteiger partial charge in [-0.15, -0.1) is 6.42 Å². The molecule has 0 atom stereocenters. The van der Waals surface area contributed by atoms with Gasteiger partial charge < -0.3 is 10.6 Å². The second kappa shape index (κ2) is 8.17. The molecule has 0 bridgehead atoms. The van der Waals surface area contributed by atoms with Crippen LogP contribution in [0.3, 0.4) is 0 Å². The molecule has 0 radical (unpaired) electrons. The van der Waals surface area contributed by atoms with Crippen molar-refractivity contribution in [1.82, 2.24) is 15.4 Å². The van der Waals surface area contributed by atoms with Crippen LogP contribution in [0, 0.1) is 12.3 Å². The Morgan fingerprint density at radius 1 is 1.23 bits per heavy atom. The Kier molecular flexibility index (Phi) is 6.56. The number of benzene rings is 1. The number of amides is 2. The molecule has 118 valence electrons. The molecule has 0 aromatic heterocycles. The Labute approximate surface area is 129 Å². The Balaban J connectivity index is 2.73. The number of rotatable bonds is 7. The van der Waals surface area contributed by atoms with E-state index < -0.39 is 15.9 Å². The van der Waals surface area contributed by atoms with Gasteiger partial charge in [-0.2, -0.15) is 4.72 Å². The van der Waals surface area contributed by atoms with E-state index in [0.29, 0.717) is 6.54 Å². The lowest BCUT2D eigenvalue weighted by Crippen LogP contribution is -2.33. The van der Waals surface area contributed by atoms with Crippen LogP contribution in [0.1, 0.15) is 17.3 Å². The molecule has 0 fully saturated rings. The molecular formula is C14H17N3O4S. The van der Waals surface area contributed by atoms with Crippen LogP contribution in [0.15, 0.2) is 29.2 Å². The zero-order chi connectivity index (χ0) is 16.6. The van der Waals surface area contributed by atoms with E-state index in [4.69, 9.17) is 6.42 Å². The zero-order valence-corrected chi connectivity index (χ0v) is 12.9. The number of nitrogens with one attached hydrogen (secondary N) is 3. The van der Waals surface area contributed by atoms with E-state index in [9.17, 15) is 18.0 Å². The largest absolute Gasteiger partial charge is 0.355 e. The zero-order valence-electron chi connectivity index (χ0n) is 12.0. The molecule has 7 nitrogen and oxygen atoms in total. The summed E-state index contributed by atoms with van der Waals surface area (Å²) in [7, 11) is -3.74. The smallest absolute Gasteiger partial charge is 0.251 e. The second-order valence-corrected chi connectivity index (χ2v) is 6.06. The van der Waals surface area contributed by atoms with Crippen LogP contribution >= 0.6 is 0 Å². The molecule has 8 heteroatoms. The first-order valence-corrected chi connectivity index (χ1v) is 7.91. The van der Waals surface area contributed by atoms with Crippen molar-refractivity contribution >= 4 is 21.8 Å². The lowest BCUT2D eigenvalue weighted by atomic mass is 10.2. The van der Waals surface area contributed by atoms with Crippen molar-refractivity contribution in [1.29, 1.82) is 0 Å². The van der Waals surface area contributed by atoms with Gasteiger partial charge >= 0.3 is 0 Å². The van der Waals surface area contributed by atoms with Gasteiger partial charge in [-0.25, -0.2) is 8.42 Å². The molecule has 0 aliphatic rings. The molecule has 0 spiro atoms. The highest BCUT2D eigenvalue weighted by Gasteiger charge is 2.15. The van der Waals surface area contributed by atoms with Crippen LogP contribution in [0.25, 0.3) is 0 Å². The monoisotopic (exact) mass is 323 g/mol. The van der Waals surface area contributed by atoms with Gasteiger partial charge in [0.25, 0.3) is 5.91 Å². The van der Waals surface area contributed by atoms with Gasteiger partial charge in [0.05, 0.1) is 11.4 Å². The van der Waals surface area contributed by atoms with Crippen LogP contribution in [0.2, 0.25) is 0 Å². The molecule has 1 aromatic rings. The van der Waals surface area contributed by atoms with Gasteiger partial charge in [0.2, 0.25) is 15.9 Å². The van der Waals surface area contributed by atoms with Crippen LogP contribution in [0.4, 0.5) is 0 Å². The lowest BCUT2D eigenvalue weighted by molar-refractivity contribution is -0.118. The number of terminal acetylenes is 1. The maximum Gasteiger partial charge on any atom is 0.251 e. The molecule has 0 aliphatic heterocycles. The first-order valence-electron chi connectivity index (χ1n) is 6.42. The molecule has 0 saturated carbocycles. The van der Waals surface area contributed by atoms with Crippen molar-refractivity contribution in [3.63, 3.8) is 0 Å². The fourth-order valence-corrected chi connectivity index (χ4v) is 2.52. The SMILES string of the molecule is C#CCNS(=O)(=O)c1cccc(C(=O)NCCNC(C)=O)c1. The predicted octanol–water partition coefficient (Wildman–Crippen LogP) is -0.536. The summed E-state index contributed by atoms with van der Waals surface area (Å²) < 4.78 is 26.0. The highest BCUT2D eigenvalue weighted by molar-refractivity contribution is 7.89. The molecule has 3 N–H and O–H groups in total. The minimum atomic E-state index is -3.74. The third-order valence-corrected chi connectivity index (χ3v) is 3.95. The van der Waals surface area contributed by atoms with E-state index in [1.807, 2.05) is 0 Å². The lowest BCUT2D eigenvalue weighted by Gasteiger charge is -2.08. The minimum absolute atomic E-state index is 0.0442. The van der Waals surface area contributed by atoms with Crippen LogP contribution in [-0.2, 0) is 14.8 Å². The maximum absolute atomic E-state index is 11.9. The van der Waals surface area contributed by atoms with Crippen LogP contribution in [-0.4, -0.2) is 39.9 Å². The number of hydrogen-bond donors (Lipinski definition) is 3. The van der Waals surface area contributed by atoms with E-state index >= 15 is 0 Å². The van der Waals surface area contributed by atoms with Crippen molar-refractivity contribution in [3.8, 4) is 12.3 Å². The molecule has 1 aromatic carbocycles. The fraction of sp³-hybridized carbons (Fsp3) is 0.286. The quantitative estimate of drug-likeness (QED) is 0.463. The summed E-state index contributed by atoms with van der Waals surface area (Å²) in [6.07, 6.45) is 5.01. The average Bonchev–Trinajstić information content (AvgIpc) is 2.49. The molecule has 1 rings (SSSR count). The average molecular weight is 323 g/mol. The minimum Gasteiger partial charge on any atom is -0.355 e. The molecule has 0 heterocycles. The summed E-state index contributed by atoms with van der Waals surface area (Å²) in [6.45, 7) is 1.78. The fourth-order valence-electron chi connectivity index (χ4n) is 1.54. The topological polar surface area (TPSA) is 104 Å². The normalized spacial score (nSPS) is 10.5. The first kappa shape index (κ1) is 17.7. The summed E-state index contributed by atoms with van der Waals surface area (Å²) >= 11 is 0. The molecular weight excluding hydrogens is 306 g/mol. The summed E-state index contributed by atoms with van der Waals surface area (Å²) in [5.41, 5.74) is 0.200. The van der Waals surface area contributed by atoms with E-state index in [2.05, 4.69) is 21.3 Å². The van der Waals surface area contributed by atoms with Crippen molar-refractivity contribution in [2.45, 2.75) is 11.8 Å². The number of hydrogen-bond acceptors (Lipinski definition) is 4. The number of carbonyl (C=O) groups is 2. The molecule has 0 unspecified atom stereocenters. The van der Waals surface area contributed by atoms with Crippen LogP contribution in [0.5, 0.6) is 0 Å². The van der Waals surface area contributed by atoms with E-state index in [-0.39, 0.29) is 29.5 Å². The highest BCUT2D eigenvalue weighted by atomic mass is 32.2. The summed E-state index contributed by atoms with van der Waals surface area (Å²) in [4.78, 5) is 22.6. The third-order valence-electron chi connectivity index (χ3n) is 2.56. The second-order valence-electron chi connectivity index (χ2n) is 4.30. The van der Waals surface area contributed by atoms with Crippen molar-refractivity contribution in [3.05, 3.63) is 29.8 Å². The third kappa shape index (κ3) is 5.55. The van der Waals surface area contributed by atoms with Gasteiger partial charge in [-0.3, -0.25) is 9.59 Å². The van der Waals surface area contributed by atoms with Gasteiger partial charge in [0, 0.05) is 25.6 Å². The molecule has 0 aliphatic carbocycles. The Hall–Kier alpha value is -2.37. The highest BCUT2D eigenvalue weighted by Crippen LogP contribution is 2.11. The van der Waals surface area contributed by atoms with Gasteiger partial charge in [-0.05, 0) is 18.2 Å². The molecule has 22 heavy (non-hydrogen) atoms. The summed E-state index contributed by atoms with van der Waals surface area (Å²) in [6, 6.07) is 5.58. The number of sulfonamides is 1. The number of carbonyl (C=O) groups excluding carboxylic acids is 2. The Bertz CT molecular complexity index is 692. The van der Waals surface area contributed by atoms with Crippen molar-refractivity contribution < 1.29 is 18.0 Å². The predicted molar refractivity (Wildman–Crippen MR) is 81.5 cm³/mol. The first-order chi connectivity index (χ1) is 10.4. The van der Waals surface area contributed by atoms with Crippen molar-refractivity contribution in [2.24, 2.45) is 0 Å². The maximum atomic E-state index is 11.9. The van der Waals surface area contributed by atoms with E-state index in [1.165, 1.54) is 31.2 Å². The van der Waals surface area contributed by atoms with E-state index in [1.54, 1.807) is 0 Å². The standard InChI is InChI=1S/C14H17N3O4S/c1-3-7-17-22(20,21)13-6-4-5-12(10-13)14(19)16-9-8-15-11(2)18/h1,4-6,10,17H,7-9H2,2H3,(H,15,18)(H,16,19). The van der Waals surface area contributed by atoms with Gasteiger partial charge in [-0.1, -0.05) is 12.0 Å². The van der Waals surface area contributed by atoms with E-state index in [0.717, 1.165) is 0 Å². The Morgan fingerprint density at radius 2 is 1.91 bits per heavy atom. The summed E-state index contributed by atoms with van der Waals surface area (Å²) in [5, 5.41) is 5.11.